The van der Waals surface area contributed by atoms with E-state index in [4.69, 9.17) is 9.26 Å². The minimum absolute atomic E-state index is 0.128. The lowest BCUT2D eigenvalue weighted by atomic mass is 10.1. The Morgan fingerprint density at radius 2 is 2.00 bits per heavy atom. The number of halogens is 1. The van der Waals surface area contributed by atoms with Crippen LogP contribution in [-0.2, 0) is 11.3 Å². The Bertz CT molecular complexity index is 828. The monoisotopic (exact) mass is 312 g/mol. The second kappa shape index (κ2) is 6.39. The molecule has 5 nitrogen and oxygen atoms in total. The molecule has 0 bridgehead atoms. The van der Waals surface area contributed by atoms with Crippen molar-refractivity contribution in [2.45, 2.75) is 13.5 Å². The zero-order valence-corrected chi connectivity index (χ0v) is 12.3. The number of aryl methyl sites for hydroxylation is 1. The van der Waals surface area contributed by atoms with E-state index in [0.717, 1.165) is 17.2 Å². The molecule has 0 saturated heterocycles. The predicted molar refractivity (Wildman–Crippen MR) is 80.0 cm³/mol. The van der Waals surface area contributed by atoms with Crippen molar-refractivity contribution < 1.29 is 18.4 Å². The molecule has 0 amide bonds. The summed E-state index contributed by atoms with van der Waals surface area (Å²) >= 11 is 0. The van der Waals surface area contributed by atoms with Gasteiger partial charge in [0.25, 0.3) is 5.89 Å². The molecule has 0 aliphatic rings. The van der Waals surface area contributed by atoms with Crippen LogP contribution in [0.25, 0.3) is 11.4 Å². The fourth-order valence-electron chi connectivity index (χ4n) is 1.96. The van der Waals surface area contributed by atoms with Gasteiger partial charge in [0.2, 0.25) is 5.82 Å². The average Bonchev–Trinajstić information content (AvgIpc) is 3.02. The van der Waals surface area contributed by atoms with E-state index in [1.165, 1.54) is 18.2 Å². The highest BCUT2D eigenvalue weighted by atomic mass is 19.1. The molecule has 0 spiro atoms. The third-order valence-electron chi connectivity index (χ3n) is 3.16. The highest BCUT2D eigenvalue weighted by molar-refractivity contribution is 5.89. The molecule has 0 atom stereocenters. The maximum absolute atomic E-state index is 13.1. The molecule has 1 aromatic heterocycles. The van der Waals surface area contributed by atoms with Crippen LogP contribution in [0.2, 0.25) is 0 Å². The number of aromatic nitrogens is 2. The van der Waals surface area contributed by atoms with Crippen LogP contribution < -0.4 is 0 Å². The molecule has 6 heteroatoms. The standard InChI is InChI=1S/C17H13FN2O3/c1-11-5-7-12(8-6-11)16-19-15(23-20-16)10-22-17(21)13-3-2-4-14(18)9-13/h2-9H,10H2,1H3. The van der Waals surface area contributed by atoms with E-state index in [2.05, 4.69) is 10.1 Å². The van der Waals surface area contributed by atoms with Crippen LogP contribution in [-0.4, -0.2) is 16.1 Å². The molecule has 116 valence electrons. The van der Waals surface area contributed by atoms with Crippen molar-refractivity contribution in [3.05, 3.63) is 71.4 Å². The lowest BCUT2D eigenvalue weighted by Gasteiger charge is -2.01. The zero-order valence-electron chi connectivity index (χ0n) is 12.3. The van der Waals surface area contributed by atoms with Crippen LogP contribution >= 0.6 is 0 Å². The fourth-order valence-corrected chi connectivity index (χ4v) is 1.96. The number of nitrogens with zero attached hydrogens (tertiary/aromatic N) is 2. The summed E-state index contributed by atoms with van der Waals surface area (Å²) in [6.45, 7) is 1.81. The van der Waals surface area contributed by atoms with E-state index in [9.17, 15) is 9.18 Å². The first-order chi connectivity index (χ1) is 11.1. The van der Waals surface area contributed by atoms with Crippen molar-refractivity contribution in [1.82, 2.24) is 10.1 Å². The van der Waals surface area contributed by atoms with Gasteiger partial charge in [-0.3, -0.25) is 0 Å². The second-order valence-corrected chi connectivity index (χ2v) is 4.96. The molecule has 2 aromatic carbocycles. The first-order valence-electron chi connectivity index (χ1n) is 6.94. The highest BCUT2D eigenvalue weighted by Gasteiger charge is 2.12. The van der Waals surface area contributed by atoms with Gasteiger partial charge < -0.3 is 9.26 Å². The van der Waals surface area contributed by atoms with E-state index in [1.807, 2.05) is 31.2 Å². The number of benzene rings is 2. The van der Waals surface area contributed by atoms with Gasteiger partial charge in [0, 0.05) is 5.56 Å². The quantitative estimate of drug-likeness (QED) is 0.689. The van der Waals surface area contributed by atoms with Gasteiger partial charge in [-0.2, -0.15) is 4.98 Å². The van der Waals surface area contributed by atoms with Gasteiger partial charge in [0.1, 0.15) is 5.82 Å². The normalized spacial score (nSPS) is 10.5. The van der Waals surface area contributed by atoms with Crippen LogP contribution in [0.3, 0.4) is 0 Å². The molecule has 0 radical (unpaired) electrons. The lowest BCUT2D eigenvalue weighted by molar-refractivity contribution is 0.0429. The predicted octanol–water partition coefficient (Wildman–Crippen LogP) is 3.54. The molecule has 0 aliphatic carbocycles. The third kappa shape index (κ3) is 3.60. The molecule has 1 heterocycles. The van der Waals surface area contributed by atoms with Gasteiger partial charge in [0.15, 0.2) is 6.61 Å². The summed E-state index contributed by atoms with van der Waals surface area (Å²) < 4.78 is 23.1. The van der Waals surface area contributed by atoms with Crippen molar-refractivity contribution >= 4 is 5.97 Å². The highest BCUT2D eigenvalue weighted by Crippen LogP contribution is 2.17. The van der Waals surface area contributed by atoms with E-state index in [0.29, 0.717) is 5.82 Å². The molecule has 0 saturated carbocycles. The van der Waals surface area contributed by atoms with Crippen LogP contribution in [0.15, 0.2) is 53.1 Å². The minimum Gasteiger partial charge on any atom is -0.452 e. The lowest BCUT2D eigenvalue weighted by Crippen LogP contribution is -2.05. The zero-order chi connectivity index (χ0) is 16.2. The summed E-state index contributed by atoms with van der Waals surface area (Å²) in [4.78, 5) is 16.0. The Morgan fingerprint density at radius 3 is 2.74 bits per heavy atom. The maximum atomic E-state index is 13.1. The number of carbonyl (C=O) groups is 1. The fraction of sp³-hybridized carbons (Fsp3) is 0.118. The molecule has 0 fully saturated rings. The van der Waals surface area contributed by atoms with E-state index >= 15 is 0 Å². The summed E-state index contributed by atoms with van der Waals surface area (Å²) in [7, 11) is 0. The number of hydrogen-bond donors (Lipinski definition) is 0. The number of ether oxygens (including phenoxy) is 1. The van der Waals surface area contributed by atoms with Crippen molar-refractivity contribution in [2.24, 2.45) is 0 Å². The Hall–Kier alpha value is -3.02. The SMILES string of the molecule is Cc1ccc(-c2noc(COC(=O)c3cccc(F)c3)n2)cc1. The summed E-state index contributed by atoms with van der Waals surface area (Å²) in [6.07, 6.45) is 0. The number of esters is 1. The second-order valence-electron chi connectivity index (χ2n) is 4.96. The van der Waals surface area contributed by atoms with Gasteiger partial charge in [0.05, 0.1) is 5.56 Å². The molecular formula is C17H13FN2O3. The molecule has 0 unspecified atom stereocenters. The van der Waals surface area contributed by atoms with Crippen LogP contribution in [0.5, 0.6) is 0 Å². The summed E-state index contributed by atoms with van der Waals surface area (Å²) in [6, 6.07) is 12.9. The topological polar surface area (TPSA) is 65.2 Å². The number of carbonyl (C=O) groups excluding carboxylic acids is 1. The Morgan fingerprint density at radius 1 is 1.22 bits per heavy atom. The smallest absolute Gasteiger partial charge is 0.338 e. The van der Waals surface area contributed by atoms with Gasteiger partial charge in [-0.05, 0) is 25.1 Å². The molecule has 3 rings (SSSR count). The Kier molecular flexibility index (Phi) is 4.14. The van der Waals surface area contributed by atoms with Gasteiger partial charge in [-0.1, -0.05) is 41.1 Å². The van der Waals surface area contributed by atoms with Gasteiger partial charge in [-0.15, -0.1) is 0 Å². The van der Waals surface area contributed by atoms with E-state index in [1.54, 1.807) is 0 Å². The van der Waals surface area contributed by atoms with E-state index in [-0.39, 0.29) is 18.1 Å². The summed E-state index contributed by atoms with van der Waals surface area (Å²) in [5, 5.41) is 3.84. The van der Waals surface area contributed by atoms with Crippen molar-refractivity contribution in [3.63, 3.8) is 0 Å². The molecule has 0 N–H and O–H groups in total. The largest absolute Gasteiger partial charge is 0.452 e. The minimum atomic E-state index is -0.653. The third-order valence-corrected chi connectivity index (χ3v) is 3.16. The van der Waals surface area contributed by atoms with Crippen LogP contribution in [0.4, 0.5) is 4.39 Å². The first-order valence-corrected chi connectivity index (χ1v) is 6.94. The van der Waals surface area contributed by atoms with E-state index < -0.39 is 11.8 Å². The molecule has 3 aromatic rings. The molecular weight excluding hydrogens is 299 g/mol. The van der Waals surface area contributed by atoms with Crippen LogP contribution in [0, 0.1) is 12.7 Å². The van der Waals surface area contributed by atoms with Gasteiger partial charge >= 0.3 is 5.97 Å². The number of hydrogen-bond acceptors (Lipinski definition) is 5. The summed E-state index contributed by atoms with van der Waals surface area (Å²) in [5.41, 5.74) is 2.06. The first kappa shape index (κ1) is 14.9. The summed E-state index contributed by atoms with van der Waals surface area (Å²) in [5.74, 6) is -0.564. The maximum Gasteiger partial charge on any atom is 0.338 e. The number of rotatable bonds is 4. The van der Waals surface area contributed by atoms with Crippen LogP contribution in [0.1, 0.15) is 21.8 Å². The van der Waals surface area contributed by atoms with Crippen molar-refractivity contribution in [2.75, 3.05) is 0 Å². The average molecular weight is 312 g/mol. The Labute approximate surface area is 131 Å². The Balaban J connectivity index is 1.65. The van der Waals surface area contributed by atoms with Gasteiger partial charge in [-0.25, -0.2) is 9.18 Å². The molecule has 23 heavy (non-hydrogen) atoms. The van der Waals surface area contributed by atoms with Crippen molar-refractivity contribution in [1.29, 1.82) is 0 Å². The molecule has 0 aliphatic heterocycles. The van der Waals surface area contributed by atoms with Crippen molar-refractivity contribution in [3.8, 4) is 11.4 Å².